The lowest BCUT2D eigenvalue weighted by atomic mass is 9.92. The van der Waals surface area contributed by atoms with Crippen molar-refractivity contribution >= 4 is 21.8 Å². The molecule has 1 heterocycles. The van der Waals surface area contributed by atoms with Crippen molar-refractivity contribution in [1.29, 1.82) is 0 Å². The topological polar surface area (TPSA) is 41.1 Å². The van der Waals surface area contributed by atoms with Crippen LogP contribution in [-0.4, -0.2) is 18.5 Å². The highest BCUT2D eigenvalue weighted by Crippen LogP contribution is 2.20. The zero-order chi connectivity index (χ0) is 13.8. The minimum Gasteiger partial charge on any atom is -0.349 e. The van der Waals surface area contributed by atoms with Crippen LogP contribution < -0.4 is 10.6 Å². The second-order valence-corrected chi connectivity index (χ2v) is 6.27. The maximum Gasteiger partial charge on any atom is 0.223 e. The molecule has 1 aromatic rings. The molecule has 0 bridgehead atoms. The first-order chi connectivity index (χ1) is 9.06. The predicted molar refractivity (Wildman–Crippen MR) is 80.9 cm³/mol. The van der Waals surface area contributed by atoms with Crippen LogP contribution in [0.5, 0.6) is 0 Å². The van der Waals surface area contributed by atoms with E-state index < -0.39 is 0 Å². The fraction of sp³-hybridized carbons (Fsp3) is 0.533. The average molecular weight is 325 g/mol. The summed E-state index contributed by atoms with van der Waals surface area (Å²) in [6.45, 7) is 5.11. The zero-order valence-corrected chi connectivity index (χ0v) is 13.0. The number of benzene rings is 1. The van der Waals surface area contributed by atoms with Gasteiger partial charge < -0.3 is 10.6 Å². The van der Waals surface area contributed by atoms with E-state index in [0.717, 1.165) is 29.4 Å². The van der Waals surface area contributed by atoms with E-state index in [4.69, 9.17) is 0 Å². The molecule has 0 spiro atoms. The number of amides is 1. The molecule has 3 atom stereocenters. The molecule has 0 aromatic heterocycles. The minimum absolute atomic E-state index is 0.0609. The first kappa shape index (κ1) is 14.5. The number of halogens is 1. The second kappa shape index (κ2) is 6.53. The Labute approximate surface area is 123 Å². The first-order valence-corrected chi connectivity index (χ1v) is 7.65. The molecule has 3 nitrogen and oxygen atoms in total. The van der Waals surface area contributed by atoms with Crippen LogP contribution in [-0.2, 0) is 4.79 Å². The summed E-state index contributed by atoms with van der Waals surface area (Å²) in [5, 5.41) is 6.50. The maximum absolute atomic E-state index is 12.2. The number of hydrogen-bond acceptors (Lipinski definition) is 2. The van der Waals surface area contributed by atoms with Crippen molar-refractivity contribution in [3.05, 3.63) is 34.3 Å². The third-order valence-electron chi connectivity index (χ3n) is 3.72. The highest BCUT2D eigenvalue weighted by Gasteiger charge is 2.25. The van der Waals surface area contributed by atoms with Crippen LogP contribution >= 0.6 is 15.9 Å². The molecule has 1 aliphatic rings. The molecule has 0 radical (unpaired) electrons. The van der Waals surface area contributed by atoms with Gasteiger partial charge in [0.05, 0.1) is 6.04 Å². The van der Waals surface area contributed by atoms with E-state index in [0.29, 0.717) is 6.04 Å². The van der Waals surface area contributed by atoms with Crippen molar-refractivity contribution in [3.63, 3.8) is 0 Å². The molecule has 1 aliphatic heterocycles. The van der Waals surface area contributed by atoms with E-state index in [1.165, 1.54) is 0 Å². The van der Waals surface area contributed by atoms with Crippen molar-refractivity contribution in [2.75, 3.05) is 6.54 Å². The molecule has 2 rings (SSSR count). The van der Waals surface area contributed by atoms with Crippen molar-refractivity contribution in [2.45, 2.75) is 38.8 Å². The summed E-state index contributed by atoms with van der Waals surface area (Å²) in [4.78, 5) is 12.2. The number of carbonyl (C=O) groups is 1. The van der Waals surface area contributed by atoms with Gasteiger partial charge in [-0.2, -0.15) is 0 Å². The largest absolute Gasteiger partial charge is 0.349 e. The van der Waals surface area contributed by atoms with E-state index in [1.54, 1.807) is 0 Å². The van der Waals surface area contributed by atoms with Gasteiger partial charge >= 0.3 is 0 Å². The highest BCUT2D eigenvalue weighted by atomic mass is 79.9. The lowest BCUT2D eigenvalue weighted by molar-refractivity contribution is -0.126. The number of rotatable bonds is 3. The third kappa shape index (κ3) is 4.05. The average Bonchev–Trinajstić information content (AvgIpc) is 2.39. The Kier molecular flexibility index (Phi) is 4.99. The van der Waals surface area contributed by atoms with Crippen molar-refractivity contribution in [3.8, 4) is 0 Å². The molecule has 1 unspecified atom stereocenters. The van der Waals surface area contributed by atoms with Gasteiger partial charge in [-0.3, -0.25) is 4.79 Å². The van der Waals surface area contributed by atoms with E-state index in [1.807, 2.05) is 31.2 Å². The van der Waals surface area contributed by atoms with Gasteiger partial charge in [0.1, 0.15) is 0 Å². The molecule has 1 saturated heterocycles. The van der Waals surface area contributed by atoms with Crippen LogP contribution in [0, 0.1) is 5.92 Å². The number of hydrogen-bond donors (Lipinski definition) is 2. The van der Waals surface area contributed by atoms with E-state index in [9.17, 15) is 4.79 Å². The number of nitrogens with one attached hydrogen (secondary N) is 2. The molecule has 0 saturated carbocycles. The first-order valence-electron chi connectivity index (χ1n) is 6.85. The Morgan fingerprint density at radius 3 is 2.74 bits per heavy atom. The molecule has 2 N–H and O–H groups in total. The van der Waals surface area contributed by atoms with Crippen LogP contribution in [0.4, 0.5) is 0 Å². The van der Waals surface area contributed by atoms with Crippen molar-refractivity contribution in [1.82, 2.24) is 10.6 Å². The molecule has 0 aliphatic carbocycles. The summed E-state index contributed by atoms with van der Waals surface area (Å²) < 4.78 is 1.06. The monoisotopic (exact) mass is 324 g/mol. The van der Waals surface area contributed by atoms with Crippen LogP contribution in [0.25, 0.3) is 0 Å². The minimum atomic E-state index is 0.0609. The Morgan fingerprint density at radius 1 is 1.42 bits per heavy atom. The summed E-state index contributed by atoms with van der Waals surface area (Å²) in [5.74, 6) is 0.331. The van der Waals surface area contributed by atoms with Gasteiger partial charge in [-0.1, -0.05) is 28.1 Å². The Hall–Kier alpha value is -0.870. The van der Waals surface area contributed by atoms with Crippen LogP contribution in [0.2, 0.25) is 0 Å². The fourth-order valence-electron chi connectivity index (χ4n) is 2.54. The Bertz CT molecular complexity index is 432. The fourth-order valence-corrected chi connectivity index (χ4v) is 2.80. The second-order valence-electron chi connectivity index (χ2n) is 5.36. The van der Waals surface area contributed by atoms with Gasteiger partial charge in [0.2, 0.25) is 5.91 Å². The lowest BCUT2D eigenvalue weighted by Crippen LogP contribution is -2.42. The lowest BCUT2D eigenvalue weighted by Gasteiger charge is -2.28. The van der Waals surface area contributed by atoms with Crippen molar-refractivity contribution in [2.24, 2.45) is 5.92 Å². The standard InChI is InChI=1S/C15H21BrN2O/c1-10-9-13(7-8-17-10)15(19)18-11(2)12-3-5-14(16)6-4-12/h3-6,10-11,13,17H,7-9H2,1-2H3,(H,18,19)/t10-,11?,13-/m0/s1. The maximum atomic E-state index is 12.2. The van der Waals surface area contributed by atoms with Crippen LogP contribution in [0.3, 0.4) is 0 Å². The Balaban J connectivity index is 1.92. The highest BCUT2D eigenvalue weighted by molar-refractivity contribution is 9.10. The quantitative estimate of drug-likeness (QED) is 0.897. The van der Waals surface area contributed by atoms with Crippen molar-refractivity contribution < 1.29 is 4.79 Å². The molecule has 4 heteroatoms. The smallest absolute Gasteiger partial charge is 0.223 e. The molecule has 1 fully saturated rings. The molecular weight excluding hydrogens is 304 g/mol. The molecular formula is C15H21BrN2O. The zero-order valence-electron chi connectivity index (χ0n) is 11.4. The normalized spacial score (nSPS) is 24.8. The Morgan fingerprint density at radius 2 is 2.11 bits per heavy atom. The van der Waals surface area contributed by atoms with E-state index >= 15 is 0 Å². The summed E-state index contributed by atoms with van der Waals surface area (Å²) in [7, 11) is 0. The van der Waals surface area contributed by atoms with Crippen LogP contribution in [0.1, 0.15) is 38.3 Å². The predicted octanol–water partition coefficient (Wildman–Crippen LogP) is 3.01. The van der Waals surface area contributed by atoms with Gasteiger partial charge in [0, 0.05) is 16.4 Å². The SMILES string of the molecule is CC(NC(=O)[C@H]1CCN[C@@H](C)C1)c1ccc(Br)cc1. The number of carbonyl (C=O) groups excluding carboxylic acids is 1. The van der Waals surface area contributed by atoms with Gasteiger partial charge in [-0.25, -0.2) is 0 Å². The van der Waals surface area contributed by atoms with E-state index in [2.05, 4.69) is 33.5 Å². The summed E-state index contributed by atoms with van der Waals surface area (Å²) in [6, 6.07) is 8.59. The molecule has 104 valence electrons. The molecule has 1 amide bonds. The molecule has 1 aromatic carbocycles. The van der Waals surface area contributed by atoms with Gasteiger partial charge in [-0.05, 0) is 50.9 Å². The third-order valence-corrected chi connectivity index (χ3v) is 4.25. The van der Waals surface area contributed by atoms with Crippen LogP contribution in [0.15, 0.2) is 28.7 Å². The van der Waals surface area contributed by atoms with Gasteiger partial charge in [0.25, 0.3) is 0 Å². The summed E-state index contributed by atoms with van der Waals surface area (Å²) in [5.41, 5.74) is 1.14. The number of piperidine rings is 1. The van der Waals surface area contributed by atoms with Gasteiger partial charge in [-0.15, -0.1) is 0 Å². The van der Waals surface area contributed by atoms with E-state index in [-0.39, 0.29) is 17.9 Å². The molecule has 19 heavy (non-hydrogen) atoms. The van der Waals surface area contributed by atoms with Gasteiger partial charge in [0.15, 0.2) is 0 Å². The summed E-state index contributed by atoms with van der Waals surface area (Å²) >= 11 is 3.42. The summed E-state index contributed by atoms with van der Waals surface area (Å²) in [6.07, 6.45) is 1.86.